The molecule has 0 radical (unpaired) electrons. The minimum Gasteiger partial charge on any atom is -0.0651 e. The summed E-state index contributed by atoms with van der Waals surface area (Å²) < 4.78 is 0. The largest absolute Gasteiger partial charge is 0.0651 e. The molecule has 0 spiro atoms. The van der Waals surface area contributed by atoms with Crippen molar-refractivity contribution in [2.24, 2.45) is 29.1 Å². The topological polar surface area (TPSA) is 0 Å². The summed E-state index contributed by atoms with van der Waals surface area (Å²) in [5.41, 5.74) is 0.492. The third kappa shape index (κ3) is 3.79. The van der Waals surface area contributed by atoms with Crippen LogP contribution in [0.5, 0.6) is 0 Å². The molecule has 96 valence electrons. The molecule has 0 aliphatic heterocycles. The van der Waals surface area contributed by atoms with Crippen molar-refractivity contribution < 1.29 is 0 Å². The maximum absolute atomic E-state index is 2.50. The Hall–Kier alpha value is 0. The first-order valence-corrected chi connectivity index (χ1v) is 7.40. The first-order chi connectivity index (χ1) is 7.40. The summed E-state index contributed by atoms with van der Waals surface area (Å²) >= 11 is 0. The van der Waals surface area contributed by atoms with Crippen LogP contribution in [-0.2, 0) is 0 Å². The molecule has 0 aromatic heterocycles. The number of hydrogen-bond donors (Lipinski definition) is 0. The van der Waals surface area contributed by atoms with Gasteiger partial charge in [0.2, 0.25) is 0 Å². The fourth-order valence-electron chi connectivity index (χ4n) is 3.26. The van der Waals surface area contributed by atoms with Gasteiger partial charge in [0.15, 0.2) is 0 Å². The van der Waals surface area contributed by atoms with Gasteiger partial charge < -0.3 is 0 Å². The highest BCUT2D eigenvalue weighted by atomic mass is 14.4. The van der Waals surface area contributed by atoms with Crippen LogP contribution in [0.15, 0.2) is 0 Å². The second-order valence-electron chi connectivity index (χ2n) is 7.07. The molecule has 1 rings (SSSR count). The summed E-state index contributed by atoms with van der Waals surface area (Å²) in [6, 6.07) is 0. The van der Waals surface area contributed by atoms with E-state index in [0.29, 0.717) is 5.41 Å². The molecule has 0 nitrogen and oxygen atoms in total. The quantitative estimate of drug-likeness (QED) is 0.557. The van der Waals surface area contributed by atoms with Gasteiger partial charge in [0, 0.05) is 0 Å². The molecule has 0 aromatic carbocycles. The lowest BCUT2D eigenvalue weighted by atomic mass is 9.71. The highest BCUT2D eigenvalue weighted by Gasteiger charge is 2.35. The fraction of sp³-hybridized carbons (Fsp3) is 1.00. The number of hydrogen-bond acceptors (Lipinski definition) is 0. The predicted octanol–water partition coefficient (Wildman–Crippen LogP) is 5.52. The van der Waals surface area contributed by atoms with E-state index in [-0.39, 0.29) is 0 Å². The molecular formula is C16H32. The zero-order valence-electron chi connectivity index (χ0n) is 12.3. The zero-order valence-corrected chi connectivity index (χ0v) is 12.3. The summed E-state index contributed by atoms with van der Waals surface area (Å²) in [5.74, 6) is 3.92. The molecule has 0 heteroatoms. The van der Waals surface area contributed by atoms with E-state index in [2.05, 4.69) is 41.5 Å². The minimum absolute atomic E-state index is 0.492. The Balaban J connectivity index is 2.53. The molecular weight excluding hydrogens is 192 g/mol. The average molecular weight is 224 g/mol. The molecule has 0 N–H and O–H groups in total. The van der Waals surface area contributed by atoms with E-state index in [9.17, 15) is 0 Å². The van der Waals surface area contributed by atoms with Gasteiger partial charge in [-0.15, -0.1) is 0 Å². The van der Waals surface area contributed by atoms with Crippen molar-refractivity contribution in [3.63, 3.8) is 0 Å². The normalized spacial score (nSPS) is 22.9. The molecule has 1 saturated carbocycles. The van der Waals surface area contributed by atoms with Crippen LogP contribution in [0.25, 0.3) is 0 Å². The first kappa shape index (κ1) is 14.1. The van der Waals surface area contributed by atoms with Crippen LogP contribution in [-0.4, -0.2) is 0 Å². The fourth-order valence-corrected chi connectivity index (χ4v) is 3.26. The average Bonchev–Trinajstić information content (AvgIpc) is 2.99. The Kier molecular flexibility index (Phi) is 4.88. The van der Waals surface area contributed by atoms with Crippen molar-refractivity contribution in [3.05, 3.63) is 0 Å². The molecule has 1 aliphatic carbocycles. The second kappa shape index (κ2) is 5.56. The third-order valence-electron chi connectivity index (χ3n) is 4.94. The molecule has 16 heavy (non-hydrogen) atoms. The standard InChI is InChI=1S/C16H32/c1-7-13(12(3)14-9-10-14)11-15(8-2)16(4,5)6/h12-15H,7-11H2,1-6H3. The maximum Gasteiger partial charge on any atom is -0.0354 e. The van der Waals surface area contributed by atoms with Crippen molar-refractivity contribution in [1.29, 1.82) is 0 Å². The van der Waals surface area contributed by atoms with Gasteiger partial charge in [0.05, 0.1) is 0 Å². The smallest absolute Gasteiger partial charge is 0.0354 e. The van der Waals surface area contributed by atoms with Gasteiger partial charge in [0.1, 0.15) is 0 Å². The monoisotopic (exact) mass is 224 g/mol. The molecule has 1 fully saturated rings. The first-order valence-electron chi connectivity index (χ1n) is 7.40. The summed E-state index contributed by atoms with van der Waals surface area (Å²) in [7, 11) is 0. The van der Waals surface area contributed by atoms with E-state index in [1.54, 1.807) is 0 Å². The molecule has 0 amide bonds. The van der Waals surface area contributed by atoms with Gasteiger partial charge in [-0.1, -0.05) is 54.4 Å². The predicted molar refractivity (Wildman–Crippen MR) is 73.5 cm³/mol. The van der Waals surface area contributed by atoms with E-state index in [0.717, 1.165) is 23.7 Å². The Bertz CT molecular complexity index is 195. The molecule has 0 saturated heterocycles. The van der Waals surface area contributed by atoms with Crippen molar-refractivity contribution >= 4 is 0 Å². The summed E-state index contributed by atoms with van der Waals surface area (Å²) in [6.07, 6.45) is 7.18. The molecule has 1 aliphatic rings. The van der Waals surface area contributed by atoms with E-state index >= 15 is 0 Å². The molecule has 0 aromatic rings. The Morgan fingerprint density at radius 1 is 1.06 bits per heavy atom. The lowest BCUT2D eigenvalue weighted by Gasteiger charge is -2.35. The zero-order chi connectivity index (χ0) is 12.3. The van der Waals surface area contributed by atoms with Gasteiger partial charge in [-0.05, 0) is 48.3 Å². The van der Waals surface area contributed by atoms with E-state index in [1.165, 1.54) is 32.1 Å². The van der Waals surface area contributed by atoms with Crippen molar-refractivity contribution in [2.75, 3.05) is 0 Å². The Morgan fingerprint density at radius 3 is 1.94 bits per heavy atom. The van der Waals surface area contributed by atoms with Gasteiger partial charge in [-0.2, -0.15) is 0 Å². The van der Waals surface area contributed by atoms with Crippen LogP contribution in [0.1, 0.15) is 73.6 Å². The SMILES string of the molecule is CCC(CC(CC)C(C)(C)C)C(C)C1CC1. The highest BCUT2D eigenvalue weighted by Crippen LogP contribution is 2.45. The van der Waals surface area contributed by atoms with Crippen LogP contribution in [0.4, 0.5) is 0 Å². The summed E-state index contributed by atoms with van der Waals surface area (Å²) in [5, 5.41) is 0. The van der Waals surface area contributed by atoms with Crippen molar-refractivity contribution in [1.82, 2.24) is 0 Å². The van der Waals surface area contributed by atoms with Gasteiger partial charge in [-0.3, -0.25) is 0 Å². The summed E-state index contributed by atoms with van der Waals surface area (Å²) in [4.78, 5) is 0. The lowest BCUT2D eigenvalue weighted by molar-refractivity contribution is 0.155. The Morgan fingerprint density at radius 2 is 1.62 bits per heavy atom. The molecule has 0 bridgehead atoms. The lowest BCUT2D eigenvalue weighted by Crippen LogP contribution is -2.25. The molecule has 3 unspecified atom stereocenters. The van der Waals surface area contributed by atoms with Crippen LogP contribution in [0.2, 0.25) is 0 Å². The van der Waals surface area contributed by atoms with E-state index in [4.69, 9.17) is 0 Å². The molecule has 0 heterocycles. The molecule has 3 atom stereocenters. The third-order valence-corrected chi connectivity index (χ3v) is 4.94. The van der Waals surface area contributed by atoms with Crippen LogP contribution in [0, 0.1) is 29.1 Å². The van der Waals surface area contributed by atoms with Crippen molar-refractivity contribution in [3.8, 4) is 0 Å². The van der Waals surface area contributed by atoms with E-state index < -0.39 is 0 Å². The number of rotatable bonds is 6. The minimum atomic E-state index is 0.492. The second-order valence-corrected chi connectivity index (χ2v) is 7.07. The van der Waals surface area contributed by atoms with Crippen molar-refractivity contribution in [2.45, 2.75) is 73.6 Å². The van der Waals surface area contributed by atoms with Gasteiger partial charge >= 0.3 is 0 Å². The maximum atomic E-state index is 2.50. The highest BCUT2D eigenvalue weighted by molar-refractivity contribution is 4.85. The van der Waals surface area contributed by atoms with Gasteiger partial charge in [-0.25, -0.2) is 0 Å². The van der Waals surface area contributed by atoms with Gasteiger partial charge in [0.25, 0.3) is 0 Å². The van der Waals surface area contributed by atoms with E-state index in [1.807, 2.05) is 0 Å². The van der Waals surface area contributed by atoms with Crippen LogP contribution in [0.3, 0.4) is 0 Å². The van der Waals surface area contributed by atoms with Crippen LogP contribution >= 0.6 is 0 Å². The van der Waals surface area contributed by atoms with Crippen LogP contribution < -0.4 is 0 Å². The Labute approximate surface area is 103 Å². The summed E-state index contributed by atoms with van der Waals surface area (Å²) in [6.45, 7) is 14.5.